The lowest BCUT2D eigenvalue weighted by atomic mass is 9.91. The molecule has 14 heteroatoms. The average molecular weight is 775 g/mol. The van der Waals surface area contributed by atoms with Crippen LogP contribution in [0, 0.1) is 23.7 Å². The molecular weight excluding hydrogens is 725 g/mol. The van der Waals surface area contributed by atoms with Crippen LogP contribution in [-0.2, 0) is 27.2 Å². The molecule has 298 valence electrons. The molecule has 7 rings (SSSR count). The Morgan fingerprint density at radius 2 is 1.44 bits per heavy atom. The monoisotopic (exact) mass is 774 g/mol. The van der Waals surface area contributed by atoms with Gasteiger partial charge in [0.05, 0.1) is 36.8 Å². The molecule has 0 saturated carbocycles. The van der Waals surface area contributed by atoms with Gasteiger partial charge in [-0.25, -0.2) is 19.6 Å². The number of alkyl carbamates (subject to hydrolysis) is 1. The van der Waals surface area contributed by atoms with Crippen LogP contribution in [0.3, 0.4) is 0 Å². The number of aromatic amines is 2. The average Bonchev–Trinajstić information content (AvgIpc) is 4.03. The summed E-state index contributed by atoms with van der Waals surface area (Å²) in [6.45, 7) is 8.63. The second-order valence-corrected chi connectivity index (χ2v) is 15.7. The van der Waals surface area contributed by atoms with Gasteiger partial charge in [-0.1, -0.05) is 57.7 Å². The normalized spacial score (nSPS) is 18.4. The van der Waals surface area contributed by atoms with Gasteiger partial charge < -0.3 is 40.2 Å². The highest BCUT2D eigenvalue weighted by Gasteiger charge is 2.39. The Kier molecular flexibility index (Phi) is 11.4. The number of hydrogen-bond donors (Lipinski definition) is 5. The molecule has 4 atom stereocenters. The van der Waals surface area contributed by atoms with Gasteiger partial charge in [0, 0.05) is 35.5 Å². The molecule has 0 unspecified atom stereocenters. The highest BCUT2D eigenvalue weighted by atomic mass is 16.5. The summed E-state index contributed by atoms with van der Waals surface area (Å²) in [5, 5.41) is 14.4. The third-order valence-corrected chi connectivity index (χ3v) is 11.3. The van der Waals surface area contributed by atoms with Crippen molar-refractivity contribution in [1.82, 2.24) is 40.4 Å². The van der Waals surface area contributed by atoms with Crippen molar-refractivity contribution in [3.8, 4) is 34.4 Å². The number of ether oxygens (including phenoxy) is 1. The second-order valence-electron chi connectivity index (χ2n) is 15.7. The Bertz CT molecular complexity index is 2210. The van der Waals surface area contributed by atoms with E-state index in [0.29, 0.717) is 18.9 Å². The Hall–Kier alpha value is -6.10. The minimum atomic E-state index is -1.21. The standard InChI is InChI=1S/C43H50N8O6/c1-24(2)35(48-42(54)55)40(52)50-20-6-8-33(50)38-44-23-32(46-38)28-15-12-26(13-16-28)10-11-27-14-18-30-29(22-27)17-19-31-37(30)47-39(45-31)34-9-7-21-51(34)41(53)36(25(3)4)49-43(56)57-5/h12-16,18,22-25,33-36,48H,6-9,17,19-21H2,1-5H3,(H,44,46)(H,45,47)(H,49,56)(H,54,55)/t33-,34-,35-,36-/m0/s1. The van der Waals surface area contributed by atoms with Crippen molar-refractivity contribution in [2.45, 2.75) is 90.4 Å². The number of hydrogen-bond acceptors (Lipinski definition) is 7. The summed E-state index contributed by atoms with van der Waals surface area (Å²) in [6.07, 6.45) is 4.79. The minimum absolute atomic E-state index is 0.104. The van der Waals surface area contributed by atoms with E-state index in [1.54, 1.807) is 11.1 Å². The van der Waals surface area contributed by atoms with Crippen LogP contribution in [-0.4, -0.2) is 91.1 Å². The number of imidazole rings is 2. The Balaban J connectivity index is 1.02. The molecule has 4 aromatic rings. The second kappa shape index (κ2) is 16.6. The summed E-state index contributed by atoms with van der Waals surface area (Å²) in [7, 11) is 1.29. The smallest absolute Gasteiger partial charge is 0.407 e. The molecule has 0 radical (unpaired) electrons. The van der Waals surface area contributed by atoms with Crippen LogP contribution in [0.25, 0.3) is 22.5 Å². The Morgan fingerprint density at radius 1 is 0.825 bits per heavy atom. The molecule has 1 aliphatic carbocycles. The number of rotatable bonds is 9. The van der Waals surface area contributed by atoms with Gasteiger partial charge in [-0.05, 0) is 85.8 Å². The van der Waals surface area contributed by atoms with Crippen LogP contribution in [0.4, 0.5) is 9.59 Å². The Morgan fingerprint density at radius 3 is 2.07 bits per heavy atom. The van der Waals surface area contributed by atoms with Crippen LogP contribution in [0.15, 0.2) is 48.7 Å². The number of aryl methyl sites for hydroxylation is 2. The third kappa shape index (κ3) is 8.24. The van der Waals surface area contributed by atoms with Gasteiger partial charge in [0.15, 0.2) is 0 Å². The number of nitrogens with one attached hydrogen (secondary N) is 4. The number of H-pyrrole nitrogens is 2. The van der Waals surface area contributed by atoms with E-state index in [4.69, 9.17) is 9.72 Å². The summed E-state index contributed by atoms with van der Waals surface area (Å²) in [4.78, 5) is 70.6. The molecule has 57 heavy (non-hydrogen) atoms. The van der Waals surface area contributed by atoms with E-state index in [1.807, 2.05) is 62.9 Å². The molecule has 2 fully saturated rings. The maximum atomic E-state index is 13.6. The lowest BCUT2D eigenvalue weighted by Crippen LogP contribution is -2.51. The van der Waals surface area contributed by atoms with Gasteiger partial charge in [-0.15, -0.1) is 0 Å². The highest BCUT2D eigenvalue weighted by Crippen LogP contribution is 2.38. The van der Waals surface area contributed by atoms with Gasteiger partial charge in [0.25, 0.3) is 0 Å². The van der Waals surface area contributed by atoms with Gasteiger partial charge in [-0.3, -0.25) is 9.59 Å². The fraction of sp³-hybridized carbons (Fsp3) is 0.442. The van der Waals surface area contributed by atoms with Crippen molar-refractivity contribution in [2.24, 2.45) is 11.8 Å². The first-order valence-corrected chi connectivity index (χ1v) is 19.8. The van der Waals surface area contributed by atoms with Crippen LogP contribution < -0.4 is 10.6 Å². The zero-order chi connectivity index (χ0) is 40.4. The summed E-state index contributed by atoms with van der Waals surface area (Å²) in [5.41, 5.74) is 7.77. The number of benzene rings is 2. The van der Waals surface area contributed by atoms with Crippen LogP contribution >= 0.6 is 0 Å². The number of carboxylic acid groups (broad SMARTS) is 1. The van der Waals surface area contributed by atoms with Crippen molar-refractivity contribution in [3.63, 3.8) is 0 Å². The van der Waals surface area contributed by atoms with E-state index >= 15 is 0 Å². The molecule has 2 aromatic carbocycles. The Labute approximate surface area is 332 Å². The van der Waals surface area contributed by atoms with Gasteiger partial charge >= 0.3 is 12.2 Å². The van der Waals surface area contributed by atoms with E-state index in [1.165, 1.54) is 12.7 Å². The maximum absolute atomic E-state index is 13.6. The van der Waals surface area contributed by atoms with Crippen molar-refractivity contribution in [3.05, 3.63) is 82.7 Å². The summed E-state index contributed by atoms with van der Waals surface area (Å²) < 4.78 is 4.78. The molecular formula is C43H50N8O6. The van der Waals surface area contributed by atoms with Crippen molar-refractivity contribution in [1.29, 1.82) is 0 Å². The molecule has 4 amide bonds. The number of carbonyl (C=O) groups excluding carboxylic acids is 3. The number of carbonyl (C=O) groups is 4. The number of fused-ring (bicyclic) bond motifs is 3. The molecule has 5 N–H and O–H groups in total. The molecule has 0 spiro atoms. The van der Waals surface area contributed by atoms with Crippen molar-refractivity contribution in [2.75, 3.05) is 20.2 Å². The quantitative estimate of drug-likeness (QED) is 0.129. The number of methoxy groups -OCH3 is 1. The van der Waals surface area contributed by atoms with E-state index in [2.05, 4.69) is 49.6 Å². The van der Waals surface area contributed by atoms with Crippen molar-refractivity contribution >= 4 is 24.0 Å². The van der Waals surface area contributed by atoms with E-state index in [-0.39, 0.29) is 35.7 Å². The summed E-state index contributed by atoms with van der Waals surface area (Å²) >= 11 is 0. The largest absolute Gasteiger partial charge is 0.465 e. The first-order valence-electron chi connectivity index (χ1n) is 19.8. The highest BCUT2D eigenvalue weighted by molar-refractivity contribution is 5.87. The zero-order valence-corrected chi connectivity index (χ0v) is 33.0. The molecule has 4 heterocycles. The molecule has 3 aliphatic rings. The predicted octanol–water partition coefficient (Wildman–Crippen LogP) is 5.97. The minimum Gasteiger partial charge on any atom is -0.465 e. The molecule has 2 aliphatic heterocycles. The van der Waals surface area contributed by atoms with Crippen LogP contribution in [0.1, 0.15) is 99.5 Å². The van der Waals surface area contributed by atoms with Gasteiger partial charge in [-0.2, -0.15) is 0 Å². The fourth-order valence-corrected chi connectivity index (χ4v) is 8.22. The molecule has 2 saturated heterocycles. The molecule has 2 aromatic heterocycles. The number of amides is 4. The maximum Gasteiger partial charge on any atom is 0.407 e. The number of likely N-dealkylation sites (tertiary alicyclic amines) is 2. The van der Waals surface area contributed by atoms with E-state index < -0.39 is 24.3 Å². The number of nitrogens with zero attached hydrogens (tertiary/aromatic N) is 4. The van der Waals surface area contributed by atoms with Gasteiger partial charge in [0.1, 0.15) is 23.7 Å². The van der Waals surface area contributed by atoms with E-state index in [9.17, 15) is 24.3 Å². The van der Waals surface area contributed by atoms with E-state index in [0.717, 1.165) is 83.7 Å². The summed E-state index contributed by atoms with van der Waals surface area (Å²) in [5.74, 6) is 7.43. The summed E-state index contributed by atoms with van der Waals surface area (Å²) in [6, 6.07) is 12.2. The lowest BCUT2D eigenvalue weighted by molar-refractivity contribution is -0.136. The fourth-order valence-electron chi connectivity index (χ4n) is 8.22. The lowest BCUT2D eigenvalue weighted by Gasteiger charge is -2.30. The zero-order valence-electron chi connectivity index (χ0n) is 33.0. The topological polar surface area (TPSA) is 186 Å². The predicted molar refractivity (Wildman–Crippen MR) is 213 cm³/mol. The molecule has 14 nitrogen and oxygen atoms in total. The first kappa shape index (κ1) is 39.1. The van der Waals surface area contributed by atoms with Crippen molar-refractivity contribution < 1.29 is 29.0 Å². The van der Waals surface area contributed by atoms with Gasteiger partial charge in [0.2, 0.25) is 11.8 Å². The SMILES string of the molecule is COC(=O)N[C@H](C(=O)N1CCC[C@H]1c1nc2c([nH]1)CCc1cc(C#Cc3ccc(-c4cnc([C@@H]5CCCN5C(=O)[C@@H](NC(=O)O)C(C)C)[nH]4)cc3)ccc1-2)C(C)C. The third-order valence-electron chi connectivity index (χ3n) is 11.3. The first-order chi connectivity index (χ1) is 27.4. The van der Waals surface area contributed by atoms with Crippen LogP contribution in [0.5, 0.6) is 0 Å². The number of aromatic nitrogens is 4. The van der Waals surface area contributed by atoms with Crippen LogP contribution in [0.2, 0.25) is 0 Å². The molecule has 0 bridgehead atoms.